The molecular formula is C13H27NO4S. The summed E-state index contributed by atoms with van der Waals surface area (Å²) in [4.78, 5) is 0. The Morgan fingerprint density at radius 2 is 2.00 bits per heavy atom. The molecule has 0 saturated carbocycles. The molecule has 1 N–H and O–H groups in total. The van der Waals surface area contributed by atoms with E-state index in [1.165, 1.54) is 0 Å². The van der Waals surface area contributed by atoms with Crippen LogP contribution in [0.25, 0.3) is 0 Å². The molecule has 5 nitrogen and oxygen atoms in total. The van der Waals surface area contributed by atoms with E-state index in [2.05, 4.69) is 5.32 Å². The number of sulfone groups is 1. The van der Waals surface area contributed by atoms with E-state index in [4.69, 9.17) is 9.47 Å². The van der Waals surface area contributed by atoms with Gasteiger partial charge in [0.1, 0.15) is 0 Å². The van der Waals surface area contributed by atoms with Gasteiger partial charge in [0.25, 0.3) is 0 Å². The average molecular weight is 293 g/mol. The van der Waals surface area contributed by atoms with Gasteiger partial charge >= 0.3 is 0 Å². The Morgan fingerprint density at radius 3 is 2.58 bits per heavy atom. The lowest BCUT2D eigenvalue weighted by Crippen LogP contribution is -2.31. The van der Waals surface area contributed by atoms with Crippen LogP contribution in [-0.4, -0.2) is 60.4 Å². The van der Waals surface area contributed by atoms with Crippen LogP contribution in [0.15, 0.2) is 0 Å². The molecule has 2 atom stereocenters. The minimum atomic E-state index is -2.79. The summed E-state index contributed by atoms with van der Waals surface area (Å²) >= 11 is 0. The molecule has 0 aliphatic carbocycles. The van der Waals surface area contributed by atoms with E-state index < -0.39 is 9.84 Å². The normalized spacial score (nSPS) is 23.6. The van der Waals surface area contributed by atoms with Gasteiger partial charge < -0.3 is 14.8 Å². The van der Waals surface area contributed by atoms with Crippen molar-refractivity contribution in [1.82, 2.24) is 5.32 Å². The third-order valence-electron chi connectivity index (χ3n) is 3.75. The van der Waals surface area contributed by atoms with Crippen molar-refractivity contribution in [2.75, 3.05) is 52.0 Å². The van der Waals surface area contributed by atoms with Crippen molar-refractivity contribution >= 4 is 9.84 Å². The molecule has 1 aliphatic rings. The number of nitrogens with one attached hydrogen (secondary N) is 1. The molecule has 0 radical (unpaired) electrons. The van der Waals surface area contributed by atoms with Crippen LogP contribution in [0.4, 0.5) is 0 Å². The molecule has 0 spiro atoms. The van der Waals surface area contributed by atoms with Gasteiger partial charge in [0.05, 0.1) is 18.1 Å². The standard InChI is InChI=1S/C13H27NO4S/c1-17-7-3-4-12(10-14-6-8-18-2)13-5-9-19(15,16)11-13/h12-14H,3-11H2,1-2H3. The van der Waals surface area contributed by atoms with Gasteiger partial charge in [-0.2, -0.15) is 0 Å². The van der Waals surface area contributed by atoms with E-state index in [0.29, 0.717) is 29.9 Å². The molecule has 0 aromatic carbocycles. The van der Waals surface area contributed by atoms with Crippen LogP contribution < -0.4 is 5.32 Å². The fraction of sp³-hybridized carbons (Fsp3) is 1.00. The molecule has 0 amide bonds. The average Bonchev–Trinajstić information content (AvgIpc) is 2.73. The van der Waals surface area contributed by atoms with Crippen molar-refractivity contribution in [3.8, 4) is 0 Å². The first-order valence-electron chi connectivity index (χ1n) is 6.98. The topological polar surface area (TPSA) is 64.6 Å². The lowest BCUT2D eigenvalue weighted by molar-refractivity contribution is 0.176. The molecule has 6 heteroatoms. The summed E-state index contributed by atoms with van der Waals surface area (Å²) < 4.78 is 33.3. The maximum absolute atomic E-state index is 11.6. The first kappa shape index (κ1) is 16.9. The van der Waals surface area contributed by atoms with Crippen LogP contribution in [-0.2, 0) is 19.3 Å². The zero-order valence-electron chi connectivity index (χ0n) is 12.1. The zero-order chi connectivity index (χ0) is 14.1. The summed E-state index contributed by atoms with van der Waals surface area (Å²) in [7, 11) is 0.592. The van der Waals surface area contributed by atoms with Crippen molar-refractivity contribution in [2.45, 2.75) is 19.3 Å². The lowest BCUT2D eigenvalue weighted by Gasteiger charge is -2.23. The fourth-order valence-electron chi connectivity index (χ4n) is 2.65. The van der Waals surface area contributed by atoms with Crippen molar-refractivity contribution < 1.29 is 17.9 Å². The Labute approximate surface area is 117 Å². The summed E-state index contributed by atoms with van der Waals surface area (Å²) in [6.07, 6.45) is 2.82. The van der Waals surface area contributed by atoms with E-state index >= 15 is 0 Å². The molecule has 0 aromatic rings. The van der Waals surface area contributed by atoms with Gasteiger partial charge in [0, 0.05) is 27.4 Å². The highest BCUT2D eigenvalue weighted by atomic mass is 32.2. The fourth-order valence-corrected chi connectivity index (χ4v) is 4.57. The predicted molar refractivity (Wildman–Crippen MR) is 76.1 cm³/mol. The van der Waals surface area contributed by atoms with Crippen LogP contribution in [0.2, 0.25) is 0 Å². The SMILES string of the molecule is COCCCC(CNCCOC)C1CCS(=O)(=O)C1. The molecule has 1 fully saturated rings. The molecule has 0 aromatic heterocycles. The minimum Gasteiger partial charge on any atom is -0.385 e. The van der Waals surface area contributed by atoms with Crippen LogP contribution in [0.3, 0.4) is 0 Å². The number of ether oxygens (including phenoxy) is 2. The predicted octanol–water partition coefficient (Wildman–Crippen LogP) is 0.700. The number of rotatable bonds is 10. The third kappa shape index (κ3) is 6.70. The molecule has 114 valence electrons. The highest BCUT2D eigenvalue weighted by molar-refractivity contribution is 7.91. The highest BCUT2D eigenvalue weighted by Gasteiger charge is 2.33. The van der Waals surface area contributed by atoms with Crippen LogP contribution in [0.1, 0.15) is 19.3 Å². The van der Waals surface area contributed by atoms with Gasteiger partial charge in [0.2, 0.25) is 0 Å². The Kier molecular flexibility index (Phi) is 7.90. The van der Waals surface area contributed by atoms with Gasteiger partial charge in [0.15, 0.2) is 9.84 Å². The van der Waals surface area contributed by atoms with Crippen molar-refractivity contribution in [1.29, 1.82) is 0 Å². The Hall–Kier alpha value is -0.170. The minimum absolute atomic E-state index is 0.303. The van der Waals surface area contributed by atoms with Crippen molar-refractivity contribution in [2.24, 2.45) is 11.8 Å². The molecule has 2 unspecified atom stereocenters. The Balaban J connectivity index is 2.39. The summed E-state index contributed by atoms with van der Waals surface area (Å²) in [5.41, 5.74) is 0. The van der Waals surface area contributed by atoms with Crippen molar-refractivity contribution in [3.63, 3.8) is 0 Å². The number of methoxy groups -OCH3 is 2. The third-order valence-corrected chi connectivity index (χ3v) is 5.54. The smallest absolute Gasteiger partial charge is 0.150 e. The summed E-state index contributed by atoms with van der Waals surface area (Å²) in [5.74, 6) is 1.44. The number of hydrogen-bond donors (Lipinski definition) is 1. The molecule has 19 heavy (non-hydrogen) atoms. The highest BCUT2D eigenvalue weighted by Crippen LogP contribution is 2.28. The van der Waals surface area contributed by atoms with Gasteiger partial charge in [-0.1, -0.05) is 0 Å². The zero-order valence-corrected chi connectivity index (χ0v) is 12.9. The van der Waals surface area contributed by atoms with Gasteiger partial charge in [-0.25, -0.2) is 8.42 Å². The Bertz CT molecular complexity index is 332. The molecule has 1 rings (SSSR count). The molecule has 1 aliphatic heterocycles. The van der Waals surface area contributed by atoms with E-state index in [0.717, 1.165) is 39.0 Å². The monoisotopic (exact) mass is 293 g/mol. The van der Waals surface area contributed by atoms with E-state index in [1.54, 1.807) is 14.2 Å². The second-order valence-electron chi connectivity index (χ2n) is 5.26. The second-order valence-corrected chi connectivity index (χ2v) is 7.48. The quantitative estimate of drug-likeness (QED) is 0.601. The first-order valence-corrected chi connectivity index (χ1v) is 8.80. The number of hydrogen-bond acceptors (Lipinski definition) is 5. The van der Waals surface area contributed by atoms with Gasteiger partial charge in [-0.3, -0.25) is 0 Å². The van der Waals surface area contributed by atoms with E-state index in [-0.39, 0.29) is 0 Å². The second kappa shape index (κ2) is 8.89. The summed E-state index contributed by atoms with van der Waals surface area (Å²) in [6, 6.07) is 0. The molecular weight excluding hydrogens is 266 g/mol. The summed E-state index contributed by atoms with van der Waals surface area (Å²) in [5, 5.41) is 3.36. The molecule has 1 saturated heterocycles. The van der Waals surface area contributed by atoms with Crippen LogP contribution in [0.5, 0.6) is 0 Å². The molecule has 0 bridgehead atoms. The largest absolute Gasteiger partial charge is 0.385 e. The van der Waals surface area contributed by atoms with Gasteiger partial charge in [-0.05, 0) is 37.6 Å². The van der Waals surface area contributed by atoms with E-state index in [9.17, 15) is 8.42 Å². The van der Waals surface area contributed by atoms with Gasteiger partial charge in [-0.15, -0.1) is 0 Å². The van der Waals surface area contributed by atoms with Crippen LogP contribution in [0, 0.1) is 11.8 Å². The van der Waals surface area contributed by atoms with E-state index in [1.807, 2.05) is 0 Å². The maximum Gasteiger partial charge on any atom is 0.150 e. The van der Waals surface area contributed by atoms with Crippen LogP contribution >= 0.6 is 0 Å². The van der Waals surface area contributed by atoms with Crippen molar-refractivity contribution in [3.05, 3.63) is 0 Å². The maximum atomic E-state index is 11.6. The summed E-state index contributed by atoms with van der Waals surface area (Å²) in [6.45, 7) is 3.12. The first-order chi connectivity index (χ1) is 9.09. The Morgan fingerprint density at radius 1 is 1.26 bits per heavy atom. The lowest BCUT2D eigenvalue weighted by atomic mass is 9.88. The molecule has 1 heterocycles.